The van der Waals surface area contributed by atoms with E-state index in [1.54, 1.807) is 38.1 Å². The maximum absolute atomic E-state index is 13.0. The van der Waals surface area contributed by atoms with Crippen molar-refractivity contribution in [2.45, 2.75) is 13.8 Å². The number of hydrogen-bond acceptors (Lipinski definition) is 4. The number of nitro benzene ring substituents is 1. The number of nitro groups is 1. The number of amides is 1. The van der Waals surface area contributed by atoms with Gasteiger partial charge in [-0.15, -0.1) is 0 Å². The van der Waals surface area contributed by atoms with E-state index in [1.807, 2.05) is 0 Å². The van der Waals surface area contributed by atoms with Crippen molar-refractivity contribution in [3.05, 3.63) is 75.0 Å². The van der Waals surface area contributed by atoms with Crippen LogP contribution in [0.15, 0.2) is 42.5 Å². The summed E-state index contributed by atoms with van der Waals surface area (Å²) in [7, 11) is 0. The number of rotatable bonds is 3. The van der Waals surface area contributed by atoms with Gasteiger partial charge < -0.3 is 5.73 Å². The van der Waals surface area contributed by atoms with E-state index >= 15 is 0 Å². The molecule has 0 fully saturated rings. The first-order valence-corrected chi connectivity index (χ1v) is 7.52. The van der Waals surface area contributed by atoms with Gasteiger partial charge in [0, 0.05) is 28.3 Å². The highest BCUT2D eigenvalue weighted by Gasteiger charge is 2.23. The van der Waals surface area contributed by atoms with Crippen LogP contribution >= 0.6 is 0 Å². The zero-order valence-electron chi connectivity index (χ0n) is 13.6. The zero-order chi connectivity index (χ0) is 18.3. The van der Waals surface area contributed by atoms with Crippen molar-refractivity contribution in [3.8, 4) is 0 Å². The summed E-state index contributed by atoms with van der Waals surface area (Å²) in [6.07, 6.45) is 0. The number of para-hydroxylation sites is 1. The molecule has 0 radical (unpaired) electrons. The second-order valence-electron chi connectivity index (χ2n) is 5.74. The van der Waals surface area contributed by atoms with Crippen molar-refractivity contribution < 1.29 is 14.5 Å². The summed E-state index contributed by atoms with van der Waals surface area (Å²) >= 11 is 0. The maximum atomic E-state index is 13.0. The van der Waals surface area contributed by atoms with E-state index in [4.69, 9.17) is 5.73 Å². The summed E-state index contributed by atoms with van der Waals surface area (Å²) in [5, 5.41) is 11.5. The van der Waals surface area contributed by atoms with Crippen LogP contribution in [0.2, 0.25) is 0 Å². The van der Waals surface area contributed by atoms with Gasteiger partial charge in [0.25, 0.3) is 17.5 Å². The van der Waals surface area contributed by atoms with Gasteiger partial charge in [-0.1, -0.05) is 18.2 Å². The molecule has 0 spiro atoms. The first-order chi connectivity index (χ1) is 11.8. The molecule has 2 N–H and O–H groups in total. The average Bonchev–Trinajstić information content (AvgIpc) is 2.85. The molecule has 0 atom stereocenters. The Kier molecular flexibility index (Phi) is 3.84. The molecule has 0 saturated heterocycles. The monoisotopic (exact) mass is 337 g/mol. The number of aryl methyl sites for hydroxylation is 1. The molecule has 25 heavy (non-hydrogen) atoms. The van der Waals surface area contributed by atoms with E-state index in [1.165, 1.54) is 22.8 Å². The van der Waals surface area contributed by atoms with Gasteiger partial charge in [-0.3, -0.25) is 24.3 Å². The van der Waals surface area contributed by atoms with Crippen molar-refractivity contribution in [1.82, 2.24) is 4.57 Å². The number of carbonyl (C=O) groups is 2. The van der Waals surface area contributed by atoms with Crippen LogP contribution in [0.25, 0.3) is 10.9 Å². The molecule has 7 nitrogen and oxygen atoms in total. The van der Waals surface area contributed by atoms with E-state index < -0.39 is 10.8 Å². The van der Waals surface area contributed by atoms with Crippen LogP contribution in [-0.4, -0.2) is 21.3 Å². The normalized spacial score (nSPS) is 10.8. The quantitative estimate of drug-likeness (QED) is 0.585. The topological polar surface area (TPSA) is 108 Å². The van der Waals surface area contributed by atoms with E-state index in [9.17, 15) is 19.7 Å². The average molecular weight is 337 g/mol. The van der Waals surface area contributed by atoms with E-state index in [2.05, 4.69) is 0 Å². The Hall–Kier alpha value is -3.48. The Morgan fingerprint density at radius 2 is 1.80 bits per heavy atom. The van der Waals surface area contributed by atoms with E-state index in [-0.39, 0.29) is 11.6 Å². The Morgan fingerprint density at radius 3 is 2.40 bits per heavy atom. The Morgan fingerprint density at radius 1 is 1.12 bits per heavy atom. The minimum absolute atomic E-state index is 0.0524. The third-order valence-electron chi connectivity index (χ3n) is 4.20. The van der Waals surface area contributed by atoms with Crippen LogP contribution in [0.4, 0.5) is 5.69 Å². The Labute approximate surface area is 142 Å². The Balaban J connectivity index is 2.22. The summed E-state index contributed by atoms with van der Waals surface area (Å²) < 4.78 is 1.41. The number of hydrogen-bond donors (Lipinski definition) is 1. The highest BCUT2D eigenvalue weighted by Crippen LogP contribution is 2.27. The lowest BCUT2D eigenvalue weighted by atomic mass is 10.1. The standard InChI is InChI=1S/C18H15N3O4/c1-10-9-12(7-8-14(10)21(24)25)18(23)20-11(2)16(17(19)22)13-5-3-4-6-15(13)20/h3-9H,1-2H3,(H2,19,22). The highest BCUT2D eigenvalue weighted by molar-refractivity contribution is 6.12. The molecule has 3 rings (SSSR count). The predicted octanol–water partition coefficient (Wildman–Crippen LogP) is 2.95. The molecule has 126 valence electrons. The summed E-state index contributed by atoms with van der Waals surface area (Å²) in [5.74, 6) is -0.987. The fraction of sp³-hybridized carbons (Fsp3) is 0.111. The first-order valence-electron chi connectivity index (χ1n) is 7.52. The van der Waals surface area contributed by atoms with Gasteiger partial charge in [0.05, 0.1) is 16.0 Å². The third kappa shape index (κ3) is 2.55. The second kappa shape index (κ2) is 5.86. The van der Waals surface area contributed by atoms with Crippen LogP contribution < -0.4 is 5.73 Å². The van der Waals surface area contributed by atoms with Crippen molar-refractivity contribution in [2.75, 3.05) is 0 Å². The smallest absolute Gasteiger partial charge is 0.272 e. The molecular formula is C18H15N3O4. The van der Waals surface area contributed by atoms with Gasteiger partial charge in [0.1, 0.15) is 0 Å². The van der Waals surface area contributed by atoms with Crippen molar-refractivity contribution in [2.24, 2.45) is 5.73 Å². The minimum atomic E-state index is -0.611. The molecular weight excluding hydrogens is 322 g/mol. The number of nitrogens with zero attached hydrogens (tertiary/aromatic N) is 2. The molecule has 0 bridgehead atoms. The number of benzene rings is 2. The fourth-order valence-electron chi connectivity index (χ4n) is 3.06. The SMILES string of the molecule is Cc1cc(C(=O)n2c(C)c(C(N)=O)c3ccccc32)ccc1[N+](=O)[O-]. The van der Waals surface area contributed by atoms with Gasteiger partial charge in [0.15, 0.2) is 0 Å². The molecule has 1 heterocycles. The summed E-state index contributed by atoms with van der Waals surface area (Å²) in [4.78, 5) is 35.2. The van der Waals surface area contributed by atoms with Gasteiger partial charge >= 0.3 is 0 Å². The van der Waals surface area contributed by atoms with Crippen LogP contribution in [-0.2, 0) is 0 Å². The van der Waals surface area contributed by atoms with Crippen LogP contribution in [0, 0.1) is 24.0 Å². The van der Waals surface area contributed by atoms with Crippen molar-refractivity contribution in [3.63, 3.8) is 0 Å². The molecule has 0 saturated carbocycles. The Bertz CT molecular complexity index is 1050. The van der Waals surface area contributed by atoms with Gasteiger partial charge in [-0.25, -0.2) is 0 Å². The molecule has 0 unspecified atom stereocenters. The van der Waals surface area contributed by atoms with E-state index in [0.29, 0.717) is 33.3 Å². The lowest BCUT2D eigenvalue weighted by Crippen LogP contribution is -2.17. The van der Waals surface area contributed by atoms with Gasteiger partial charge in [0.2, 0.25) is 0 Å². The van der Waals surface area contributed by atoms with Gasteiger partial charge in [-0.2, -0.15) is 0 Å². The van der Waals surface area contributed by atoms with Gasteiger partial charge in [-0.05, 0) is 32.0 Å². The number of fused-ring (bicyclic) bond motifs is 1. The maximum Gasteiger partial charge on any atom is 0.272 e. The molecule has 1 aromatic heterocycles. The van der Waals surface area contributed by atoms with Crippen molar-refractivity contribution in [1.29, 1.82) is 0 Å². The molecule has 3 aromatic rings. The first kappa shape index (κ1) is 16.4. The summed E-state index contributed by atoms with van der Waals surface area (Å²) in [5.41, 5.74) is 7.40. The number of aromatic nitrogens is 1. The molecule has 7 heteroatoms. The minimum Gasteiger partial charge on any atom is -0.366 e. The fourth-order valence-corrected chi connectivity index (χ4v) is 3.06. The molecule has 0 aliphatic carbocycles. The lowest BCUT2D eigenvalue weighted by Gasteiger charge is -2.08. The predicted molar refractivity (Wildman–Crippen MR) is 92.8 cm³/mol. The number of carbonyl (C=O) groups excluding carboxylic acids is 2. The number of primary amides is 1. The third-order valence-corrected chi connectivity index (χ3v) is 4.20. The largest absolute Gasteiger partial charge is 0.366 e. The zero-order valence-corrected chi connectivity index (χ0v) is 13.6. The van der Waals surface area contributed by atoms with Crippen LogP contribution in [0.5, 0.6) is 0 Å². The highest BCUT2D eigenvalue weighted by atomic mass is 16.6. The lowest BCUT2D eigenvalue weighted by molar-refractivity contribution is -0.385. The van der Waals surface area contributed by atoms with Crippen LogP contribution in [0.1, 0.15) is 32.0 Å². The van der Waals surface area contributed by atoms with Crippen molar-refractivity contribution >= 4 is 28.4 Å². The molecule has 0 aliphatic rings. The van der Waals surface area contributed by atoms with E-state index in [0.717, 1.165) is 0 Å². The second-order valence-corrected chi connectivity index (χ2v) is 5.74. The number of nitrogens with two attached hydrogens (primary N) is 1. The summed E-state index contributed by atoms with van der Waals surface area (Å²) in [6, 6.07) is 11.2. The molecule has 2 aromatic carbocycles. The molecule has 0 aliphatic heterocycles. The molecule has 1 amide bonds. The van der Waals surface area contributed by atoms with Crippen LogP contribution in [0.3, 0.4) is 0 Å². The summed E-state index contributed by atoms with van der Waals surface area (Å²) in [6.45, 7) is 3.22.